The van der Waals surface area contributed by atoms with E-state index in [1.54, 1.807) is 49.4 Å². The average molecular weight is 417 g/mol. The summed E-state index contributed by atoms with van der Waals surface area (Å²) in [5.74, 6) is 0.0372. The summed E-state index contributed by atoms with van der Waals surface area (Å²) in [4.78, 5) is 12.0. The summed E-state index contributed by atoms with van der Waals surface area (Å²) in [5.41, 5.74) is 0.923. The van der Waals surface area contributed by atoms with E-state index >= 15 is 0 Å². The van der Waals surface area contributed by atoms with Gasteiger partial charge in [-0.15, -0.1) is 0 Å². The van der Waals surface area contributed by atoms with E-state index in [0.717, 1.165) is 6.26 Å². The van der Waals surface area contributed by atoms with Gasteiger partial charge < -0.3 is 10.1 Å². The molecule has 0 heterocycles. The summed E-state index contributed by atoms with van der Waals surface area (Å²) in [6.07, 6.45) is 1.15. The predicted octanol–water partition coefficient (Wildman–Crippen LogP) is 3.80. The molecule has 0 aromatic heterocycles. The van der Waals surface area contributed by atoms with Crippen molar-refractivity contribution in [1.29, 1.82) is 0 Å². The molecule has 1 N–H and O–H groups in total. The van der Waals surface area contributed by atoms with Crippen LogP contribution in [0.15, 0.2) is 42.5 Å². The number of nitrogens with one attached hydrogen (secondary N) is 1. The minimum absolute atomic E-state index is 0.230. The molecule has 0 aliphatic heterocycles. The van der Waals surface area contributed by atoms with E-state index in [1.165, 1.54) is 4.31 Å². The Hall–Kier alpha value is -1.96. The number of nitrogens with zero attached hydrogens (tertiary/aromatic N) is 1. The molecule has 2 rings (SSSR count). The van der Waals surface area contributed by atoms with Crippen molar-refractivity contribution in [2.75, 3.05) is 29.0 Å². The minimum Gasteiger partial charge on any atom is -0.484 e. The summed E-state index contributed by atoms with van der Waals surface area (Å²) in [6.45, 7) is 1.84. The topological polar surface area (TPSA) is 75.7 Å². The van der Waals surface area contributed by atoms with Crippen molar-refractivity contribution >= 4 is 50.5 Å². The number of hydrogen-bond acceptors (Lipinski definition) is 4. The first-order valence-corrected chi connectivity index (χ1v) is 10.3. The molecule has 0 unspecified atom stereocenters. The number of rotatable bonds is 7. The highest BCUT2D eigenvalue weighted by Crippen LogP contribution is 2.25. The summed E-state index contributed by atoms with van der Waals surface area (Å²) >= 11 is 11.9. The first kappa shape index (κ1) is 20.4. The Labute approximate surface area is 162 Å². The second-order valence-corrected chi connectivity index (χ2v) is 8.13. The molecule has 6 nitrogen and oxygen atoms in total. The maximum absolute atomic E-state index is 12.0. The van der Waals surface area contributed by atoms with Crippen LogP contribution in [0.25, 0.3) is 0 Å². The first-order chi connectivity index (χ1) is 12.2. The van der Waals surface area contributed by atoms with Gasteiger partial charge in [-0.05, 0) is 49.4 Å². The molecule has 0 saturated carbocycles. The fourth-order valence-corrected chi connectivity index (χ4v) is 3.56. The van der Waals surface area contributed by atoms with Crippen molar-refractivity contribution in [3.8, 4) is 5.75 Å². The quantitative estimate of drug-likeness (QED) is 0.744. The maximum atomic E-state index is 12.0. The third-order valence-corrected chi connectivity index (χ3v) is 5.22. The van der Waals surface area contributed by atoms with Crippen LogP contribution in [0.2, 0.25) is 10.0 Å². The molecule has 2 aromatic rings. The van der Waals surface area contributed by atoms with Crippen molar-refractivity contribution in [1.82, 2.24) is 0 Å². The number of carbonyl (C=O) groups is 1. The lowest BCUT2D eigenvalue weighted by Crippen LogP contribution is -2.29. The van der Waals surface area contributed by atoms with Crippen molar-refractivity contribution in [2.24, 2.45) is 0 Å². The SMILES string of the molecule is CCN(c1ccc(OCC(=O)Nc2cc(Cl)ccc2Cl)cc1)S(C)(=O)=O. The van der Waals surface area contributed by atoms with Crippen LogP contribution in [-0.4, -0.2) is 33.7 Å². The molecular formula is C17H18Cl2N2O4S. The Morgan fingerprint density at radius 1 is 1.15 bits per heavy atom. The van der Waals surface area contributed by atoms with Gasteiger partial charge in [-0.1, -0.05) is 23.2 Å². The molecule has 0 atom stereocenters. The number of halogens is 2. The van der Waals surface area contributed by atoms with Gasteiger partial charge in [0.1, 0.15) is 5.75 Å². The zero-order chi connectivity index (χ0) is 19.3. The average Bonchev–Trinajstić information content (AvgIpc) is 2.57. The molecule has 0 saturated heterocycles. The van der Waals surface area contributed by atoms with E-state index in [4.69, 9.17) is 27.9 Å². The molecule has 26 heavy (non-hydrogen) atoms. The van der Waals surface area contributed by atoms with Crippen LogP contribution in [0.1, 0.15) is 6.92 Å². The van der Waals surface area contributed by atoms with Crippen molar-refractivity contribution < 1.29 is 17.9 Å². The van der Waals surface area contributed by atoms with Gasteiger partial charge in [0.15, 0.2) is 6.61 Å². The van der Waals surface area contributed by atoms with Gasteiger partial charge in [-0.25, -0.2) is 8.42 Å². The van der Waals surface area contributed by atoms with Crippen LogP contribution in [-0.2, 0) is 14.8 Å². The molecule has 140 valence electrons. The third-order valence-electron chi connectivity index (χ3n) is 3.38. The monoisotopic (exact) mass is 416 g/mol. The number of sulfonamides is 1. The Bertz CT molecular complexity index is 886. The van der Waals surface area contributed by atoms with E-state index in [9.17, 15) is 13.2 Å². The lowest BCUT2D eigenvalue weighted by atomic mass is 10.3. The molecule has 1 amide bonds. The normalized spacial score (nSPS) is 11.1. The third kappa shape index (κ3) is 5.52. The fraction of sp³-hybridized carbons (Fsp3) is 0.235. The second kappa shape index (κ2) is 8.62. The number of carbonyl (C=O) groups excluding carboxylic acids is 1. The number of ether oxygens (including phenoxy) is 1. The standard InChI is InChI=1S/C17H18Cl2N2O4S/c1-3-21(26(2,23)24)13-5-7-14(8-6-13)25-11-17(22)20-16-10-12(18)4-9-15(16)19/h4-10H,3,11H2,1-2H3,(H,20,22). The summed E-state index contributed by atoms with van der Waals surface area (Å²) in [7, 11) is -3.34. The van der Waals surface area contributed by atoms with Crippen LogP contribution in [0.4, 0.5) is 11.4 Å². The zero-order valence-corrected chi connectivity index (χ0v) is 16.5. The minimum atomic E-state index is -3.34. The number of hydrogen-bond donors (Lipinski definition) is 1. The Morgan fingerprint density at radius 3 is 2.38 bits per heavy atom. The van der Waals surface area contributed by atoms with Gasteiger partial charge in [0.2, 0.25) is 10.0 Å². The Kier molecular flexibility index (Phi) is 6.75. The van der Waals surface area contributed by atoms with Gasteiger partial charge in [-0.3, -0.25) is 9.10 Å². The molecule has 2 aromatic carbocycles. The number of anilines is 2. The predicted molar refractivity (Wildman–Crippen MR) is 105 cm³/mol. The van der Waals surface area contributed by atoms with Gasteiger partial charge in [0.05, 0.1) is 22.7 Å². The molecule has 0 fully saturated rings. The summed E-state index contributed by atoms with van der Waals surface area (Å²) in [6, 6.07) is 11.2. The van der Waals surface area contributed by atoms with Crippen LogP contribution >= 0.6 is 23.2 Å². The van der Waals surface area contributed by atoms with Crippen LogP contribution in [0.5, 0.6) is 5.75 Å². The summed E-state index contributed by atoms with van der Waals surface area (Å²) < 4.78 is 30.1. The molecule has 0 spiro atoms. The van der Waals surface area contributed by atoms with Crippen LogP contribution in [0, 0.1) is 0 Å². The fourth-order valence-electron chi connectivity index (χ4n) is 2.25. The van der Waals surface area contributed by atoms with Gasteiger partial charge >= 0.3 is 0 Å². The number of amides is 1. The smallest absolute Gasteiger partial charge is 0.262 e. The van der Waals surface area contributed by atoms with E-state index in [2.05, 4.69) is 5.32 Å². The molecule has 0 radical (unpaired) electrons. The molecular weight excluding hydrogens is 399 g/mol. The maximum Gasteiger partial charge on any atom is 0.262 e. The highest BCUT2D eigenvalue weighted by molar-refractivity contribution is 7.92. The number of benzene rings is 2. The highest BCUT2D eigenvalue weighted by Gasteiger charge is 2.15. The van der Waals surface area contributed by atoms with Crippen LogP contribution in [0.3, 0.4) is 0 Å². The molecule has 0 aliphatic rings. The van der Waals surface area contributed by atoms with E-state index in [0.29, 0.717) is 33.7 Å². The lowest BCUT2D eigenvalue weighted by molar-refractivity contribution is -0.118. The van der Waals surface area contributed by atoms with Crippen LogP contribution < -0.4 is 14.4 Å². The van der Waals surface area contributed by atoms with Crippen molar-refractivity contribution in [2.45, 2.75) is 6.92 Å². The Morgan fingerprint density at radius 2 is 1.81 bits per heavy atom. The van der Waals surface area contributed by atoms with Crippen molar-refractivity contribution in [3.05, 3.63) is 52.5 Å². The first-order valence-electron chi connectivity index (χ1n) is 7.66. The van der Waals surface area contributed by atoms with E-state index in [1.807, 2.05) is 0 Å². The zero-order valence-electron chi connectivity index (χ0n) is 14.2. The molecule has 9 heteroatoms. The highest BCUT2D eigenvalue weighted by atomic mass is 35.5. The molecule has 0 bridgehead atoms. The van der Waals surface area contributed by atoms with Crippen molar-refractivity contribution in [3.63, 3.8) is 0 Å². The lowest BCUT2D eigenvalue weighted by Gasteiger charge is -2.20. The van der Waals surface area contributed by atoms with Gasteiger partial charge in [-0.2, -0.15) is 0 Å². The van der Waals surface area contributed by atoms with E-state index in [-0.39, 0.29) is 6.61 Å². The second-order valence-electron chi connectivity index (χ2n) is 5.38. The molecule has 0 aliphatic carbocycles. The Balaban J connectivity index is 1.97. The van der Waals surface area contributed by atoms with Gasteiger partial charge in [0.25, 0.3) is 5.91 Å². The van der Waals surface area contributed by atoms with Gasteiger partial charge in [0, 0.05) is 11.6 Å². The largest absolute Gasteiger partial charge is 0.484 e. The van der Waals surface area contributed by atoms with E-state index < -0.39 is 15.9 Å². The summed E-state index contributed by atoms with van der Waals surface area (Å²) in [5, 5.41) is 3.43.